The van der Waals surface area contributed by atoms with E-state index >= 15 is 0 Å². The Kier molecular flexibility index (Phi) is 5.75. The molecule has 2 unspecified atom stereocenters. The zero-order valence-corrected chi connectivity index (χ0v) is 17.4. The van der Waals surface area contributed by atoms with E-state index in [-0.39, 0.29) is 0 Å². The van der Waals surface area contributed by atoms with Crippen LogP contribution in [0.4, 0.5) is 13.2 Å². The quantitative estimate of drug-likeness (QED) is 0.674. The SMILES string of the molecule is CCCc1ccc2c(c1)C(NC(=O)C1C=CC(C(F)(F)F)=NC1=O)c1ccccc1S2. The fourth-order valence-electron chi connectivity index (χ4n) is 3.70. The number of nitrogens with one attached hydrogen (secondary N) is 1. The third-order valence-electron chi connectivity index (χ3n) is 5.18. The summed E-state index contributed by atoms with van der Waals surface area (Å²) in [5.74, 6) is -3.19. The van der Waals surface area contributed by atoms with E-state index in [1.807, 2.05) is 36.4 Å². The van der Waals surface area contributed by atoms with E-state index in [9.17, 15) is 22.8 Å². The fraction of sp³-hybridized carbons (Fsp3) is 0.261. The number of hydrogen-bond acceptors (Lipinski definition) is 3. The Balaban J connectivity index is 1.65. The summed E-state index contributed by atoms with van der Waals surface area (Å²) in [6.07, 6.45) is -1.23. The number of carbonyl (C=O) groups excluding carboxylic acids is 2. The van der Waals surface area contributed by atoms with Gasteiger partial charge in [-0.2, -0.15) is 13.2 Å². The van der Waals surface area contributed by atoms with Gasteiger partial charge in [0.05, 0.1) is 6.04 Å². The highest BCUT2D eigenvalue weighted by Gasteiger charge is 2.39. The number of aryl methyl sites for hydroxylation is 1. The van der Waals surface area contributed by atoms with Gasteiger partial charge >= 0.3 is 6.18 Å². The molecule has 2 heterocycles. The summed E-state index contributed by atoms with van der Waals surface area (Å²) in [5, 5.41) is 2.88. The van der Waals surface area contributed by atoms with Gasteiger partial charge < -0.3 is 5.32 Å². The van der Waals surface area contributed by atoms with Crippen molar-refractivity contribution in [3.8, 4) is 0 Å². The van der Waals surface area contributed by atoms with Crippen molar-refractivity contribution < 1.29 is 22.8 Å². The molecule has 0 bridgehead atoms. The number of aliphatic imine (C=N–C) groups is 1. The second kappa shape index (κ2) is 8.34. The maximum absolute atomic E-state index is 12.9. The van der Waals surface area contributed by atoms with Gasteiger partial charge in [-0.1, -0.05) is 61.5 Å². The minimum Gasteiger partial charge on any atom is -0.344 e. The van der Waals surface area contributed by atoms with E-state index in [1.165, 1.54) is 0 Å². The molecule has 0 aromatic heterocycles. The Morgan fingerprint density at radius 1 is 1.13 bits per heavy atom. The molecule has 0 radical (unpaired) electrons. The summed E-state index contributed by atoms with van der Waals surface area (Å²) < 4.78 is 38.4. The number of halogens is 3. The summed E-state index contributed by atoms with van der Waals surface area (Å²) in [6, 6.07) is 13.2. The van der Waals surface area contributed by atoms with Crippen LogP contribution in [0.5, 0.6) is 0 Å². The van der Waals surface area contributed by atoms with Crippen LogP contribution in [0.15, 0.2) is 69.4 Å². The molecular formula is C23H19F3N2O2S. The van der Waals surface area contributed by atoms with Gasteiger partial charge in [-0.05, 0) is 41.3 Å². The molecule has 0 spiro atoms. The number of fused-ring (bicyclic) bond motifs is 2. The van der Waals surface area contributed by atoms with Crippen molar-refractivity contribution in [2.75, 3.05) is 0 Å². The van der Waals surface area contributed by atoms with Crippen LogP contribution in [0.2, 0.25) is 0 Å². The Labute approximate surface area is 181 Å². The van der Waals surface area contributed by atoms with Crippen LogP contribution in [0.25, 0.3) is 0 Å². The van der Waals surface area contributed by atoms with Crippen molar-refractivity contribution in [2.45, 2.75) is 41.8 Å². The summed E-state index contributed by atoms with van der Waals surface area (Å²) in [6.45, 7) is 2.08. The van der Waals surface area contributed by atoms with Crippen molar-refractivity contribution in [1.82, 2.24) is 5.32 Å². The van der Waals surface area contributed by atoms with Crippen LogP contribution in [-0.4, -0.2) is 23.7 Å². The number of carbonyl (C=O) groups is 2. The minimum absolute atomic E-state index is 0.508. The number of rotatable bonds is 4. The van der Waals surface area contributed by atoms with Crippen molar-refractivity contribution >= 4 is 29.3 Å². The first-order chi connectivity index (χ1) is 14.8. The van der Waals surface area contributed by atoms with E-state index in [4.69, 9.17) is 0 Å². The molecule has 0 saturated heterocycles. The maximum Gasteiger partial charge on any atom is 0.433 e. The Bertz CT molecular complexity index is 1110. The maximum atomic E-state index is 12.9. The molecule has 160 valence electrons. The summed E-state index contributed by atoms with van der Waals surface area (Å²) in [5.41, 5.74) is 1.63. The molecule has 0 saturated carbocycles. The molecular weight excluding hydrogens is 425 g/mol. The lowest BCUT2D eigenvalue weighted by Crippen LogP contribution is -2.39. The Morgan fingerprint density at radius 3 is 2.58 bits per heavy atom. The first kappa shape index (κ1) is 21.4. The normalized spacial score (nSPS) is 20.0. The molecule has 2 amide bonds. The van der Waals surface area contributed by atoms with Gasteiger partial charge in [0, 0.05) is 9.79 Å². The predicted octanol–water partition coefficient (Wildman–Crippen LogP) is 5.03. The lowest BCUT2D eigenvalue weighted by molar-refractivity contribution is -0.132. The van der Waals surface area contributed by atoms with Crippen molar-refractivity contribution in [1.29, 1.82) is 0 Å². The molecule has 2 aliphatic rings. The second-order valence-electron chi connectivity index (χ2n) is 7.37. The lowest BCUT2D eigenvalue weighted by atomic mass is 9.94. The summed E-state index contributed by atoms with van der Waals surface area (Å²) >= 11 is 1.60. The number of nitrogens with zero attached hydrogens (tertiary/aromatic N) is 1. The lowest BCUT2D eigenvalue weighted by Gasteiger charge is -2.30. The first-order valence-corrected chi connectivity index (χ1v) is 10.7. The van der Waals surface area contributed by atoms with Gasteiger partial charge in [-0.25, -0.2) is 4.99 Å². The highest BCUT2D eigenvalue weighted by Crippen LogP contribution is 2.45. The zero-order valence-electron chi connectivity index (χ0n) is 16.6. The zero-order chi connectivity index (χ0) is 22.2. The van der Waals surface area contributed by atoms with Crippen LogP contribution in [0, 0.1) is 5.92 Å². The van der Waals surface area contributed by atoms with E-state index in [0.717, 1.165) is 45.4 Å². The molecule has 1 N–H and O–H groups in total. The minimum atomic E-state index is -4.73. The van der Waals surface area contributed by atoms with E-state index in [1.54, 1.807) is 11.8 Å². The molecule has 31 heavy (non-hydrogen) atoms. The predicted molar refractivity (Wildman–Crippen MR) is 112 cm³/mol. The van der Waals surface area contributed by atoms with E-state index < -0.39 is 35.7 Å². The van der Waals surface area contributed by atoms with E-state index in [0.29, 0.717) is 6.08 Å². The molecule has 2 atom stereocenters. The summed E-state index contributed by atoms with van der Waals surface area (Å²) in [7, 11) is 0. The average molecular weight is 444 g/mol. The van der Waals surface area contributed by atoms with Gasteiger partial charge in [-0.15, -0.1) is 0 Å². The smallest absolute Gasteiger partial charge is 0.344 e. The van der Waals surface area contributed by atoms with Gasteiger partial charge in [0.25, 0.3) is 5.91 Å². The van der Waals surface area contributed by atoms with Crippen LogP contribution in [0.1, 0.15) is 36.1 Å². The van der Waals surface area contributed by atoms with Gasteiger partial charge in [0.1, 0.15) is 11.6 Å². The number of dihydropyridines is 1. The Hall–Kier alpha value is -2.87. The number of allylic oxidation sites excluding steroid dienone is 1. The van der Waals surface area contributed by atoms with Gasteiger partial charge in [0.15, 0.2) is 0 Å². The molecule has 0 aliphatic carbocycles. The molecule has 8 heteroatoms. The third-order valence-corrected chi connectivity index (χ3v) is 6.36. The van der Waals surface area contributed by atoms with Gasteiger partial charge in [-0.3, -0.25) is 9.59 Å². The van der Waals surface area contributed by atoms with E-state index in [2.05, 4.69) is 23.3 Å². The second-order valence-corrected chi connectivity index (χ2v) is 8.46. The number of amides is 2. The first-order valence-electron chi connectivity index (χ1n) is 9.86. The topological polar surface area (TPSA) is 58.5 Å². The number of benzene rings is 2. The Morgan fingerprint density at radius 2 is 1.87 bits per heavy atom. The van der Waals surface area contributed by atoms with Crippen LogP contribution < -0.4 is 5.32 Å². The fourth-order valence-corrected chi connectivity index (χ4v) is 4.82. The molecule has 0 fully saturated rings. The summed E-state index contributed by atoms with van der Waals surface area (Å²) in [4.78, 5) is 30.1. The van der Waals surface area contributed by atoms with Crippen molar-refractivity contribution in [3.05, 3.63) is 71.3 Å². The highest BCUT2D eigenvalue weighted by molar-refractivity contribution is 7.99. The molecule has 4 nitrogen and oxygen atoms in total. The largest absolute Gasteiger partial charge is 0.433 e. The van der Waals surface area contributed by atoms with Crippen LogP contribution in [0.3, 0.4) is 0 Å². The molecule has 2 aliphatic heterocycles. The standard InChI is InChI=1S/C23H19F3N2O2S/c1-2-5-13-8-10-18-16(12-13)20(14-6-3-4-7-17(14)31-18)28-22(30)15-9-11-19(23(24,25)26)27-21(15)29/h3-4,6-12,15,20H,2,5H2,1H3,(H,28,30). The van der Waals surface area contributed by atoms with Crippen LogP contribution in [-0.2, 0) is 16.0 Å². The average Bonchev–Trinajstić information content (AvgIpc) is 2.73. The van der Waals surface area contributed by atoms with Crippen molar-refractivity contribution in [2.24, 2.45) is 10.9 Å². The molecule has 4 rings (SSSR count). The molecule has 2 aromatic rings. The monoisotopic (exact) mass is 444 g/mol. The van der Waals surface area contributed by atoms with Crippen molar-refractivity contribution in [3.63, 3.8) is 0 Å². The highest BCUT2D eigenvalue weighted by atomic mass is 32.2. The van der Waals surface area contributed by atoms with Crippen LogP contribution >= 0.6 is 11.8 Å². The third kappa shape index (κ3) is 4.30. The number of hydrogen-bond donors (Lipinski definition) is 1. The van der Waals surface area contributed by atoms with Gasteiger partial charge in [0.2, 0.25) is 5.91 Å². The number of alkyl halides is 3. The molecule has 2 aromatic carbocycles.